The number of benzene rings is 1. The van der Waals surface area contributed by atoms with Crippen LogP contribution in [0.5, 0.6) is 0 Å². The predicted molar refractivity (Wildman–Crippen MR) is 74.7 cm³/mol. The lowest BCUT2D eigenvalue weighted by Gasteiger charge is -2.06. The zero-order valence-electron chi connectivity index (χ0n) is 10.5. The van der Waals surface area contributed by atoms with Gasteiger partial charge in [0.1, 0.15) is 9.84 Å². The topological polar surface area (TPSA) is 95.1 Å². The summed E-state index contributed by atoms with van der Waals surface area (Å²) in [6, 6.07) is 4.95. The molecule has 2 rings (SSSR count). The molecule has 1 heterocycles. The highest BCUT2D eigenvalue weighted by Crippen LogP contribution is 2.11. The Morgan fingerprint density at radius 1 is 1.37 bits per heavy atom. The molecule has 0 unspecified atom stereocenters. The molecule has 0 aliphatic heterocycles. The molecular weight excluding hydrogens is 266 g/mol. The Morgan fingerprint density at radius 3 is 2.79 bits per heavy atom. The van der Waals surface area contributed by atoms with E-state index in [-0.39, 0.29) is 11.3 Å². The normalized spacial score (nSPS) is 11.8. The number of fused-ring (bicyclic) bond motifs is 1. The third-order valence-corrected chi connectivity index (χ3v) is 3.79. The summed E-state index contributed by atoms with van der Waals surface area (Å²) in [5.41, 5.74) is 6.52. The lowest BCUT2D eigenvalue weighted by Crippen LogP contribution is -2.22. The Hall–Kier alpha value is -1.89. The molecule has 7 heteroatoms. The molecule has 0 saturated carbocycles. The fourth-order valence-electron chi connectivity index (χ4n) is 1.83. The first-order chi connectivity index (χ1) is 8.87. The van der Waals surface area contributed by atoms with E-state index in [9.17, 15) is 13.2 Å². The third-order valence-electron chi connectivity index (χ3n) is 2.76. The van der Waals surface area contributed by atoms with E-state index >= 15 is 0 Å². The second-order valence-electron chi connectivity index (χ2n) is 4.50. The van der Waals surface area contributed by atoms with Crippen LogP contribution in [0.4, 0.5) is 5.69 Å². The van der Waals surface area contributed by atoms with Crippen LogP contribution in [0.3, 0.4) is 0 Å². The minimum Gasteiger partial charge on any atom is -0.399 e. The molecule has 1 aromatic heterocycles. The molecule has 0 bridgehead atoms. The average Bonchev–Trinajstić information content (AvgIpc) is 2.31. The SMILES string of the molecule is CS(=O)(=O)CCCn1cnc2ccc(N)cc2c1=O. The summed E-state index contributed by atoms with van der Waals surface area (Å²) >= 11 is 0. The predicted octanol–water partition coefficient (Wildman–Crippen LogP) is 0.413. The minimum atomic E-state index is -3.01. The van der Waals surface area contributed by atoms with E-state index in [0.29, 0.717) is 29.6 Å². The lowest BCUT2D eigenvalue weighted by molar-refractivity contribution is 0.588. The fraction of sp³-hybridized carbons (Fsp3) is 0.333. The number of sulfone groups is 1. The zero-order valence-corrected chi connectivity index (χ0v) is 11.4. The molecule has 19 heavy (non-hydrogen) atoms. The summed E-state index contributed by atoms with van der Waals surface area (Å²) < 4.78 is 23.5. The first-order valence-corrected chi connectivity index (χ1v) is 7.85. The van der Waals surface area contributed by atoms with Crippen molar-refractivity contribution in [3.05, 3.63) is 34.9 Å². The molecular formula is C12H15N3O3S. The van der Waals surface area contributed by atoms with E-state index < -0.39 is 9.84 Å². The number of aromatic nitrogens is 2. The average molecular weight is 281 g/mol. The van der Waals surface area contributed by atoms with Gasteiger partial charge in [-0.3, -0.25) is 9.36 Å². The number of nitrogens with two attached hydrogens (primary N) is 1. The molecule has 6 nitrogen and oxygen atoms in total. The van der Waals surface area contributed by atoms with Crippen molar-refractivity contribution < 1.29 is 8.42 Å². The van der Waals surface area contributed by atoms with E-state index in [4.69, 9.17) is 5.73 Å². The quantitative estimate of drug-likeness (QED) is 0.819. The Morgan fingerprint density at radius 2 is 2.11 bits per heavy atom. The van der Waals surface area contributed by atoms with E-state index in [1.807, 2.05) is 0 Å². The van der Waals surface area contributed by atoms with Gasteiger partial charge in [-0.1, -0.05) is 0 Å². The van der Waals surface area contributed by atoms with Gasteiger partial charge in [0.25, 0.3) is 5.56 Å². The Labute approximate surface area is 110 Å². The number of nitrogen functional groups attached to an aromatic ring is 1. The van der Waals surface area contributed by atoms with Crippen LogP contribution >= 0.6 is 0 Å². The summed E-state index contributed by atoms with van der Waals surface area (Å²) in [5.74, 6) is 0.0500. The molecule has 0 aliphatic rings. The molecule has 0 fully saturated rings. The van der Waals surface area contributed by atoms with Gasteiger partial charge in [0.05, 0.1) is 23.0 Å². The van der Waals surface area contributed by atoms with Gasteiger partial charge in [0, 0.05) is 18.5 Å². The van der Waals surface area contributed by atoms with Crippen molar-refractivity contribution in [2.45, 2.75) is 13.0 Å². The highest BCUT2D eigenvalue weighted by atomic mass is 32.2. The third kappa shape index (κ3) is 3.31. The van der Waals surface area contributed by atoms with Gasteiger partial charge in [-0.05, 0) is 24.6 Å². The van der Waals surface area contributed by atoms with E-state index in [1.54, 1.807) is 18.2 Å². The van der Waals surface area contributed by atoms with Crippen LogP contribution < -0.4 is 11.3 Å². The number of anilines is 1. The molecule has 2 aromatic rings. The van der Waals surface area contributed by atoms with Crippen LogP contribution in [0.15, 0.2) is 29.3 Å². The summed E-state index contributed by atoms with van der Waals surface area (Å²) in [4.78, 5) is 16.3. The summed E-state index contributed by atoms with van der Waals surface area (Å²) in [5, 5.41) is 0.446. The van der Waals surface area contributed by atoms with Crippen molar-refractivity contribution >= 4 is 26.4 Å². The largest absolute Gasteiger partial charge is 0.399 e. The van der Waals surface area contributed by atoms with Crippen LogP contribution in [0.25, 0.3) is 10.9 Å². The highest BCUT2D eigenvalue weighted by Gasteiger charge is 2.06. The molecule has 0 radical (unpaired) electrons. The van der Waals surface area contributed by atoms with Crippen LogP contribution in [0.1, 0.15) is 6.42 Å². The van der Waals surface area contributed by atoms with Crippen molar-refractivity contribution in [1.82, 2.24) is 9.55 Å². The standard InChI is InChI=1S/C12H15N3O3S/c1-19(17,18)6-2-5-15-8-14-11-4-3-9(13)7-10(11)12(15)16/h3-4,7-8H,2,5-6,13H2,1H3. The number of rotatable bonds is 4. The van der Waals surface area contributed by atoms with Crippen molar-refractivity contribution in [3.8, 4) is 0 Å². The second-order valence-corrected chi connectivity index (χ2v) is 6.76. The summed E-state index contributed by atoms with van der Waals surface area (Å²) in [6.45, 7) is 0.323. The molecule has 0 atom stereocenters. The molecule has 0 saturated heterocycles. The number of aryl methyl sites for hydroxylation is 1. The molecule has 0 amide bonds. The van der Waals surface area contributed by atoms with Crippen LogP contribution in [-0.4, -0.2) is 30.0 Å². The van der Waals surface area contributed by atoms with Gasteiger partial charge in [0.2, 0.25) is 0 Å². The van der Waals surface area contributed by atoms with Crippen molar-refractivity contribution in [2.24, 2.45) is 0 Å². The van der Waals surface area contributed by atoms with Gasteiger partial charge in [-0.25, -0.2) is 13.4 Å². The van der Waals surface area contributed by atoms with Gasteiger partial charge in [-0.2, -0.15) is 0 Å². The van der Waals surface area contributed by atoms with E-state index in [1.165, 1.54) is 17.2 Å². The van der Waals surface area contributed by atoms with Crippen LogP contribution in [-0.2, 0) is 16.4 Å². The Kier molecular flexibility index (Phi) is 3.57. The second kappa shape index (κ2) is 5.00. The van der Waals surface area contributed by atoms with Gasteiger partial charge in [-0.15, -0.1) is 0 Å². The van der Waals surface area contributed by atoms with Gasteiger partial charge >= 0.3 is 0 Å². The van der Waals surface area contributed by atoms with Crippen molar-refractivity contribution in [1.29, 1.82) is 0 Å². The molecule has 2 N–H and O–H groups in total. The Bertz CT molecular complexity index is 765. The monoisotopic (exact) mass is 281 g/mol. The number of hydrogen-bond acceptors (Lipinski definition) is 5. The van der Waals surface area contributed by atoms with Crippen molar-refractivity contribution in [3.63, 3.8) is 0 Å². The maximum atomic E-state index is 12.2. The molecule has 1 aromatic carbocycles. The molecule has 0 spiro atoms. The summed E-state index contributed by atoms with van der Waals surface area (Å²) in [7, 11) is -3.01. The van der Waals surface area contributed by atoms with Crippen LogP contribution in [0, 0.1) is 0 Å². The van der Waals surface area contributed by atoms with Gasteiger partial charge < -0.3 is 5.73 Å². The fourth-order valence-corrected chi connectivity index (χ4v) is 2.49. The zero-order chi connectivity index (χ0) is 14.0. The minimum absolute atomic E-state index is 0.0500. The summed E-state index contributed by atoms with van der Waals surface area (Å²) in [6.07, 6.45) is 2.99. The molecule has 0 aliphatic carbocycles. The van der Waals surface area contributed by atoms with Gasteiger partial charge in [0.15, 0.2) is 0 Å². The highest BCUT2D eigenvalue weighted by molar-refractivity contribution is 7.90. The maximum Gasteiger partial charge on any atom is 0.261 e. The van der Waals surface area contributed by atoms with Crippen molar-refractivity contribution in [2.75, 3.05) is 17.7 Å². The first kappa shape index (κ1) is 13.5. The molecule has 102 valence electrons. The van der Waals surface area contributed by atoms with E-state index in [0.717, 1.165) is 0 Å². The maximum absolute atomic E-state index is 12.2. The lowest BCUT2D eigenvalue weighted by atomic mass is 10.2. The van der Waals surface area contributed by atoms with E-state index in [2.05, 4.69) is 4.98 Å². The first-order valence-electron chi connectivity index (χ1n) is 5.79. The van der Waals surface area contributed by atoms with Crippen LogP contribution in [0.2, 0.25) is 0 Å². The Balaban J connectivity index is 2.30. The number of hydrogen-bond donors (Lipinski definition) is 1. The smallest absolute Gasteiger partial charge is 0.261 e. The number of nitrogens with zero attached hydrogens (tertiary/aromatic N) is 2.